The molecule has 0 fully saturated rings. The van der Waals surface area contributed by atoms with Gasteiger partial charge < -0.3 is 5.11 Å². The molecule has 0 aliphatic carbocycles. The Hall–Kier alpha value is -3.57. The number of fused-ring (bicyclic) bond motifs is 1. The molecule has 0 bridgehead atoms. The highest BCUT2D eigenvalue weighted by Crippen LogP contribution is 2.40. The number of nitrogens with zero attached hydrogens (tertiary/aromatic N) is 4. The number of rotatable bonds is 3. The van der Waals surface area contributed by atoms with Crippen LogP contribution in [0.5, 0.6) is 0 Å². The summed E-state index contributed by atoms with van der Waals surface area (Å²) in [5, 5.41) is 26.4. The molecule has 0 aliphatic heterocycles. The maximum absolute atomic E-state index is 14.1. The van der Waals surface area contributed by atoms with Gasteiger partial charge in [0, 0.05) is 17.5 Å². The van der Waals surface area contributed by atoms with Gasteiger partial charge in [-0.15, -0.1) is 16.4 Å². The first kappa shape index (κ1) is 16.9. The smallest absolute Gasteiger partial charge is 0.345 e. The minimum atomic E-state index is -1.05. The number of aryl methyl sites for hydroxylation is 1. The Labute approximate surface area is 156 Å². The van der Waals surface area contributed by atoms with E-state index in [2.05, 4.69) is 10.3 Å². The lowest BCUT2D eigenvalue weighted by atomic mass is 10.0. The second kappa shape index (κ2) is 6.30. The van der Waals surface area contributed by atoms with Gasteiger partial charge in [-0.05, 0) is 41.5 Å². The molecule has 0 spiro atoms. The molecule has 0 amide bonds. The summed E-state index contributed by atoms with van der Waals surface area (Å²) in [4.78, 5) is 12.3. The number of halogens is 1. The molecule has 0 aliphatic rings. The summed E-state index contributed by atoms with van der Waals surface area (Å²) in [6, 6.07) is 13.1. The molecule has 6 nitrogen and oxygen atoms in total. The van der Waals surface area contributed by atoms with Crippen LogP contribution in [0.25, 0.3) is 32.6 Å². The summed E-state index contributed by atoms with van der Waals surface area (Å²) in [5.74, 6) is -1.70. The van der Waals surface area contributed by atoms with Crippen LogP contribution in [0.2, 0.25) is 0 Å². The van der Waals surface area contributed by atoms with Crippen molar-refractivity contribution < 1.29 is 14.3 Å². The predicted octanol–water partition coefficient (Wildman–Crippen LogP) is 4.07. The highest BCUT2D eigenvalue weighted by atomic mass is 32.1. The SMILES string of the molecule is Cn1nnc2cc(-c3sc(C(=O)O)cc3-c3ccc(C#N)c(F)c3)ccc21. The number of benzene rings is 2. The van der Waals surface area contributed by atoms with E-state index in [0.717, 1.165) is 22.4 Å². The number of aromatic nitrogens is 3. The lowest BCUT2D eigenvalue weighted by molar-refractivity contribution is 0.0702. The van der Waals surface area contributed by atoms with Gasteiger partial charge >= 0.3 is 5.97 Å². The molecule has 2 heterocycles. The van der Waals surface area contributed by atoms with E-state index in [1.54, 1.807) is 23.9 Å². The number of carboxylic acid groups (broad SMARTS) is 1. The van der Waals surface area contributed by atoms with Gasteiger partial charge in [-0.3, -0.25) is 0 Å². The lowest BCUT2D eigenvalue weighted by Gasteiger charge is -2.05. The Kier molecular flexibility index (Phi) is 3.94. The van der Waals surface area contributed by atoms with E-state index in [4.69, 9.17) is 5.26 Å². The third kappa shape index (κ3) is 2.84. The zero-order valence-electron chi connectivity index (χ0n) is 14.0. The molecular weight excluding hydrogens is 367 g/mol. The molecule has 0 unspecified atom stereocenters. The summed E-state index contributed by atoms with van der Waals surface area (Å²) in [7, 11) is 1.79. The maximum atomic E-state index is 14.1. The normalized spacial score (nSPS) is 10.9. The van der Waals surface area contributed by atoms with Crippen molar-refractivity contribution in [3.63, 3.8) is 0 Å². The Bertz CT molecular complexity index is 1250. The van der Waals surface area contributed by atoms with Crippen molar-refractivity contribution >= 4 is 28.3 Å². The first-order valence-electron chi connectivity index (χ1n) is 7.85. The number of thiophene rings is 1. The maximum Gasteiger partial charge on any atom is 0.345 e. The number of nitriles is 1. The summed E-state index contributed by atoms with van der Waals surface area (Å²) in [5.41, 5.74) is 3.32. The van der Waals surface area contributed by atoms with Gasteiger partial charge in [0.15, 0.2) is 0 Å². The Morgan fingerprint density at radius 3 is 2.70 bits per heavy atom. The minimum Gasteiger partial charge on any atom is -0.477 e. The molecule has 1 N–H and O–H groups in total. The van der Waals surface area contributed by atoms with E-state index in [9.17, 15) is 14.3 Å². The van der Waals surface area contributed by atoms with Crippen molar-refractivity contribution in [3.05, 3.63) is 58.7 Å². The molecule has 0 saturated carbocycles. The molecule has 4 aromatic rings. The zero-order valence-corrected chi connectivity index (χ0v) is 14.8. The van der Waals surface area contributed by atoms with Crippen molar-refractivity contribution in [3.8, 4) is 27.6 Å². The number of carboxylic acids is 1. The van der Waals surface area contributed by atoms with Crippen LogP contribution in [-0.2, 0) is 7.05 Å². The third-order valence-electron chi connectivity index (χ3n) is 4.22. The number of carbonyl (C=O) groups is 1. The second-order valence-electron chi connectivity index (χ2n) is 5.88. The van der Waals surface area contributed by atoms with Crippen molar-refractivity contribution in [2.24, 2.45) is 7.05 Å². The molecule has 4 rings (SSSR count). The fourth-order valence-corrected chi connectivity index (χ4v) is 3.90. The molecule has 2 aromatic heterocycles. The second-order valence-corrected chi connectivity index (χ2v) is 6.93. The van der Waals surface area contributed by atoms with Crippen LogP contribution in [0.1, 0.15) is 15.2 Å². The van der Waals surface area contributed by atoms with E-state index in [1.165, 1.54) is 18.2 Å². The molecule has 2 aromatic carbocycles. The van der Waals surface area contributed by atoms with Gasteiger partial charge in [0.1, 0.15) is 22.3 Å². The molecule has 8 heteroatoms. The largest absolute Gasteiger partial charge is 0.477 e. The number of aromatic carboxylic acids is 1. The van der Waals surface area contributed by atoms with Crippen LogP contribution in [0.15, 0.2) is 42.5 Å². The number of hydrogen-bond acceptors (Lipinski definition) is 5. The van der Waals surface area contributed by atoms with Gasteiger partial charge in [0.05, 0.1) is 11.1 Å². The van der Waals surface area contributed by atoms with E-state index in [-0.39, 0.29) is 10.4 Å². The molecule has 132 valence electrons. The highest BCUT2D eigenvalue weighted by molar-refractivity contribution is 7.18. The molecular formula is C19H11FN4O2S. The average molecular weight is 378 g/mol. The molecule has 0 saturated heterocycles. The summed E-state index contributed by atoms with van der Waals surface area (Å²) >= 11 is 1.10. The van der Waals surface area contributed by atoms with Gasteiger partial charge in [-0.2, -0.15) is 5.26 Å². The van der Waals surface area contributed by atoms with Crippen molar-refractivity contribution in [2.45, 2.75) is 0 Å². The molecule has 0 atom stereocenters. The summed E-state index contributed by atoms with van der Waals surface area (Å²) < 4.78 is 15.7. The van der Waals surface area contributed by atoms with Crippen molar-refractivity contribution in [1.82, 2.24) is 15.0 Å². The van der Waals surface area contributed by atoms with Crippen LogP contribution in [0, 0.1) is 17.1 Å². The monoisotopic (exact) mass is 378 g/mol. The predicted molar refractivity (Wildman–Crippen MR) is 98.9 cm³/mol. The van der Waals surface area contributed by atoms with E-state index in [1.807, 2.05) is 18.2 Å². The van der Waals surface area contributed by atoms with Gasteiger partial charge in [-0.25, -0.2) is 13.9 Å². The van der Waals surface area contributed by atoms with Crippen molar-refractivity contribution in [1.29, 1.82) is 5.26 Å². The minimum absolute atomic E-state index is 0.0602. The summed E-state index contributed by atoms with van der Waals surface area (Å²) in [6.07, 6.45) is 0. The van der Waals surface area contributed by atoms with Gasteiger partial charge in [0.2, 0.25) is 0 Å². The molecule has 0 radical (unpaired) electrons. The quantitative estimate of drug-likeness (QED) is 0.580. The van der Waals surface area contributed by atoms with E-state index in [0.29, 0.717) is 21.5 Å². The Morgan fingerprint density at radius 1 is 1.22 bits per heavy atom. The Balaban J connectivity index is 1.92. The Morgan fingerprint density at radius 2 is 2.00 bits per heavy atom. The van der Waals surface area contributed by atoms with Crippen LogP contribution in [0.4, 0.5) is 4.39 Å². The average Bonchev–Trinajstić information content (AvgIpc) is 3.26. The fraction of sp³-hybridized carbons (Fsp3) is 0.0526. The van der Waals surface area contributed by atoms with Crippen LogP contribution in [-0.4, -0.2) is 26.1 Å². The van der Waals surface area contributed by atoms with Crippen LogP contribution < -0.4 is 0 Å². The van der Waals surface area contributed by atoms with Gasteiger partial charge in [0.25, 0.3) is 0 Å². The highest BCUT2D eigenvalue weighted by Gasteiger charge is 2.18. The standard InChI is InChI=1S/C19H11FN4O2S/c1-24-16-5-4-11(7-15(16)22-23-24)18-13(8-17(27-18)19(25)26)10-2-3-12(9-21)14(20)6-10/h2-8H,1H3,(H,25,26). The van der Waals surface area contributed by atoms with Crippen molar-refractivity contribution in [2.75, 3.05) is 0 Å². The zero-order chi connectivity index (χ0) is 19.1. The van der Waals surface area contributed by atoms with E-state index < -0.39 is 11.8 Å². The van der Waals surface area contributed by atoms with Gasteiger partial charge in [-0.1, -0.05) is 17.3 Å². The molecule has 27 heavy (non-hydrogen) atoms. The topological polar surface area (TPSA) is 91.8 Å². The lowest BCUT2D eigenvalue weighted by Crippen LogP contribution is -1.90. The first-order valence-corrected chi connectivity index (χ1v) is 8.66. The summed E-state index contributed by atoms with van der Waals surface area (Å²) in [6.45, 7) is 0. The fourth-order valence-electron chi connectivity index (χ4n) is 2.88. The van der Waals surface area contributed by atoms with Crippen LogP contribution in [0.3, 0.4) is 0 Å². The first-order chi connectivity index (χ1) is 13.0. The third-order valence-corrected chi connectivity index (χ3v) is 5.39. The van der Waals surface area contributed by atoms with E-state index >= 15 is 0 Å². The van der Waals surface area contributed by atoms with Crippen LogP contribution >= 0.6 is 11.3 Å². The number of hydrogen-bond donors (Lipinski definition) is 1.